The fourth-order valence-corrected chi connectivity index (χ4v) is 2.83. The summed E-state index contributed by atoms with van der Waals surface area (Å²) in [6, 6.07) is 12.2. The normalized spacial score (nSPS) is 16.5. The van der Waals surface area contributed by atoms with E-state index in [1.165, 1.54) is 30.2 Å². The molecule has 2 aromatic rings. The maximum absolute atomic E-state index is 13.7. The third-order valence-electron chi connectivity index (χ3n) is 4.23. The van der Waals surface area contributed by atoms with Crippen LogP contribution in [0.3, 0.4) is 0 Å². The Morgan fingerprint density at radius 2 is 1.85 bits per heavy atom. The van der Waals surface area contributed by atoms with E-state index in [0.717, 1.165) is 0 Å². The van der Waals surface area contributed by atoms with E-state index in [4.69, 9.17) is 0 Å². The van der Waals surface area contributed by atoms with Gasteiger partial charge in [0.25, 0.3) is 0 Å². The number of hydrogen-bond acceptors (Lipinski definition) is 4. The molecule has 134 valence electrons. The number of halogens is 1. The molecule has 0 saturated carbocycles. The quantitative estimate of drug-likeness (QED) is 0.855. The van der Waals surface area contributed by atoms with Gasteiger partial charge >= 0.3 is 5.97 Å². The molecular formula is C19H17FN2O4. The lowest BCUT2D eigenvalue weighted by Gasteiger charge is -2.17. The third kappa shape index (κ3) is 3.56. The van der Waals surface area contributed by atoms with Crippen LogP contribution >= 0.6 is 0 Å². The molecule has 1 fully saturated rings. The number of anilines is 2. The van der Waals surface area contributed by atoms with Crippen molar-refractivity contribution in [1.29, 1.82) is 0 Å². The average Bonchev–Trinajstić information content (AvgIpc) is 3.05. The Labute approximate surface area is 149 Å². The summed E-state index contributed by atoms with van der Waals surface area (Å²) in [7, 11) is 1.29. The molecule has 26 heavy (non-hydrogen) atoms. The molecule has 2 aromatic carbocycles. The van der Waals surface area contributed by atoms with E-state index < -0.39 is 23.6 Å². The van der Waals surface area contributed by atoms with E-state index in [-0.39, 0.29) is 24.6 Å². The molecule has 7 heteroatoms. The number of hydrogen-bond donors (Lipinski definition) is 1. The number of benzene rings is 2. The number of nitrogens with one attached hydrogen (secondary N) is 1. The van der Waals surface area contributed by atoms with Crippen LogP contribution in [0.25, 0.3) is 0 Å². The highest BCUT2D eigenvalue weighted by Gasteiger charge is 2.35. The standard InChI is InChI=1S/C19H17FN2O4/c1-26-19(25)12-6-8-14(9-7-12)22-11-13(10-17(22)23)18(24)21-16-5-3-2-4-15(16)20/h2-9,13H,10-11H2,1H3,(H,21,24). The molecule has 3 rings (SSSR count). The van der Waals surface area contributed by atoms with Gasteiger partial charge in [-0.15, -0.1) is 0 Å². The number of carbonyl (C=O) groups is 3. The van der Waals surface area contributed by atoms with Crippen molar-refractivity contribution in [3.8, 4) is 0 Å². The minimum atomic E-state index is -0.581. The second-order valence-corrected chi connectivity index (χ2v) is 5.91. The van der Waals surface area contributed by atoms with Crippen molar-refractivity contribution >= 4 is 29.2 Å². The fraction of sp³-hybridized carbons (Fsp3) is 0.211. The van der Waals surface area contributed by atoms with E-state index in [2.05, 4.69) is 10.1 Å². The lowest BCUT2D eigenvalue weighted by atomic mass is 10.1. The van der Waals surface area contributed by atoms with Gasteiger partial charge in [0.05, 0.1) is 24.3 Å². The van der Waals surface area contributed by atoms with Crippen molar-refractivity contribution in [2.75, 3.05) is 23.9 Å². The summed E-state index contributed by atoms with van der Waals surface area (Å²) in [5, 5.41) is 2.52. The first-order valence-corrected chi connectivity index (χ1v) is 8.03. The maximum atomic E-state index is 13.7. The molecule has 1 aliphatic heterocycles. The van der Waals surface area contributed by atoms with Gasteiger partial charge in [-0.2, -0.15) is 0 Å². The fourth-order valence-electron chi connectivity index (χ4n) is 2.83. The first kappa shape index (κ1) is 17.6. The van der Waals surface area contributed by atoms with Crippen LogP contribution in [0.1, 0.15) is 16.8 Å². The highest BCUT2D eigenvalue weighted by atomic mass is 19.1. The second-order valence-electron chi connectivity index (χ2n) is 5.91. The van der Waals surface area contributed by atoms with Gasteiger partial charge < -0.3 is 15.0 Å². The lowest BCUT2D eigenvalue weighted by Crippen LogP contribution is -2.28. The molecule has 1 saturated heterocycles. The number of ether oxygens (including phenoxy) is 1. The Morgan fingerprint density at radius 1 is 1.15 bits per heavy atom. The number of nitrogens with zero attached hydrogens (tertiary/aromatic N) is 1. The molecule has 1 aliphatic rings. The van der Waals surface area contributed by atoms with Gasteiger partial charge in [-0.1, -0.05) is 12.1 Å². The maximum Gasteiger partial charge on any atom is 0.337 e. The molecular weight excluding hydrogens is 339 g/mol. The van der Waals surface area contributed by atoms with Crippen molar-refractivity contribution in [3.63, 3.8) is 0 Å². The van der Waals surface area contributed by atoms with Gasteiger partial charge in [-0.3, -0.25) is 9.59 Å². The van der Waals surface area contributed by atoms with Crippen LogP contribution in [-0.4, -0.2) is 31.4 Å². The van der Waals surface area contributed by atoms with Gasteiger partial charge in [0.15, 0.2) is 0 Å². The van der Waals surface area contributed by atoms with Crippen molar-refractivity contribution in [2.24, 2.45) is 5.92 Å². The van der Waals surface area contributed by atoms with E-state index in [9.17, 15) is 18.8 Å². The summed E-state index contributed by atoms with van der Waals surface area (Å²) in [5.41, 5.74) is 1.05. The van der Waals surface area contributed by atoms with Crippen molar-refractivity contribution < 1.29 is 23.5 Å². The molecule has 0 spiro atoms. The monoisotopic (exact) mass is 356 g/mol. The summed E-state index contributed by atoms with van der Waals surface area (Å²) < 4.78 is 18.3. The zero-order valence-electron chi connectivity index (χ0n) is 14.1. The average molecular weight is 356 g/mol. The molecule has 1 N–H and O–H groups in total. The lowest BCUT2D eigenvalue weighted by molar-refractivity contribution is -0.122. The summed E-state index contributed by atoms with van der Waals surface area (Å²) >= 11 is 0. The molecule has 0 aliphatic carbocycles. The molecule has 0 bridgehead atoms. The Hall–Kier alpha value is -3.22. The summed E-state index contributed by atoms with van der Waals surface area (Å²) in [4.78, 5) is 37.6. The Balaban J connectivity index is 1.69. The highest BCUT2D eigenvalue weighted by Crippen LogP contribution is 2.27. The first-order chi connectivity index (χ1) is 12.5. The van der Waals surface area contributed by atoms with Crippen molar-refractivity contribution in [1.82, 2.24) is 0 Å². The second kappa shape index (κ2) is 7.35. The highest BCUT2D eigenvalue weighted by molar-refractivity contribution is 6.03. The summed E-state index contributed by atoms with van der Waals surface area (Å²) in [6.45, 7) is 0.191. The van der Waals surface area contributed by atoms with Crippen LogP contribution in [0.5, 0.6) is 0 Å². The molecule has 2 amide bonds. The number of para-hydroxylation sites is 1. The number of amides is 2. The molecule has 0 radical (unpaired) electrons. The smallest absolute Gasteiger partial charge is 0.337 e. The topological polar surface area (TPSA) is 75.7 Å². The summed E-state index contributed by atoms with van der Waals surface area (Å²) in [6.07, 6.45) is 0.0407. The molecule has 1 heterocycles. The van der Waals surface area contributed by atoms with Gasteiger partial charge in [-0.05, 0) is 36.4 Å². The van der Waals surface area contributed by atoms with E-state index in [1.54, 1.807) is 30.3 Å². The van der Waals surface area contributed by atoms with Crippen LogP contribution in [-0.2, 0) is 14.3 Å². The van der Waals surface area contributed by atoms with Crippen LogP contribution in [0.2, 0.25) is 0 Å². The molecule has 1 atom stereocenters. The van der Waals surface area contributed by atoms with Crippen molar-refractivity contribution in [2.45, 2.75) is 6.42 Å². The van der Waals surface area contributed by atoms with Gasteiger partial charge in [-0.25, -0.2) is 9.18 Å². The van der Waals surface area contributed by atoms with Crippen LogP contribution in [0.15, 0.2) is 48.5 Å². The predicted molar refractivity (Wildman–Crippen MR) is 93.3 cm³/mol. The first-order valence-electron chi connectivity index (χ1n) is 8.03. The van der Waals surface area contributed by atoms with Gasteiger partial charge in [0.2, 0.25) is 11.8 Å². The number of esters is 1. The number of methoxy groups -OCH3 is 1. The largest absolute Gasteiger partial charge is 0.465 e. The molecule has 0 aromatic heterocycles. The summed E-state index contributed by atoms with van der Waals surface area (Å²) in [5.74, 6) is -2.18. The zero-order chi connectivity index (χ0) is 18.7. The Kier molecular flexibility index (Phi) is 4.97. The minimum Gasteiger partial charge on any atom is -0.465 e. The SMILES string of the molecule is COC(=O)c1ccc(N2CC(C(=O)Nc3ccccc3F)CC2=O)cc1. The minimum absolute atomic E-state index is 0.0407. The van der Waals surface area contributed by atoms with Crippen molar-refractivity contribution in [3.05, 3.63) is 59.9 Å². The third-order valence-corrected chi connectivity index (χ3v) is 4.23. The van der Waals surface area contributed by atoms with E-state index in [1.807, 2.05) is 0 Å². The number of carbonyl (C=O) groups excluding carboxylic acids is 3. The predicted octanol–water partition coefficient (Wildman–Crippen LogP) is 2.60. The van der Waals surface area contributed by atoms with Crippen LogP contribution in [0, 0.1) is 11.7 Å². The zero-order valence-corrected chi connectivity index (χ0v) is 14.1. The van der Waals surface area contributed by atoms with Crippen LogP contribution < -0.4 is 10.2 Å². The van der Waals surface area contributed by atoms with E-state index >= 15 is 0 Å². The molecule has 1 unspecified atom stereocenters. The van der Waals surface area contributed by atoms with Gasteiger partial charge in [0.1, 0.15) is 5.82 Å². The Morgan fingerprint density at radius 3 is 2.50 bits per heavy atom. The van der Waals surface area contributed by atoms with E-state index in [0.29, 0.717) is 11.3 Å². The number of rotatable bonds is 4. The van der Waals surface area contributed by atoms with Crippen LogP contribution in [0.4, 0.5) is 15.8 Å². The Bertz CT molecular complexity index is 851. The van der Waals surface area contributed by atoms with Gasteiger partial charge in [0, 0.05) is 18.7 Å². The molecule has 6 nitrogen and oxygen atoms in total.